The Balaban J connectivity index is 1.76. The number of nitrogens with one attached hydrogen (secondary N) is 1. The molecule has 0 spiro atoms. The number of H-pyrrole nitrogens is 1. The van der Waals surface area contributed by atoms with E-state index in [9.17, 15) is 5.11 Å². The molecular weight excluding hydrogens is 312 g/mol. The second-order valence-electron chi connectivity index (χ2n) is 6.20. The summed E-state index contributed by atoms with van der Waals surface area (Å²) in [6.45, 7) is 2.05. The fourth-order valence-corrected chi connectivity index (χ4v) is 3.34. The Labute approximate surface area is 146 Å². The monoisotopic (exact) mass is 332 g/mol. The van der Waals surface area contributed by atoms with Gasteiger partial charge >= 0.3 is 0 Å². The van der Waals surface area contributed by atoms with Gasteiger partial charge in [-0.3, -0.25) is 0 Å². The van der Waals surface area contributed by atoms with E-state index in [1.807, 2.05) is 41.2 Å². The number of aromatic nitrogens is 4. The number of hydrogen-bond donors (Lipinski definition) is 2. The highest BCUT2D eigenvalue weighted by Crippen LogP contribution is 2.35. The first kappa shape index (κ1) is 15.4. The van der Waals surface area contributed by atoms with Crippen LogP contribution in [0.3, 0.4) is 0 Å². The average molecular weight is 332 g/mol. The molecule has 3 aromatic heterocycles. The summed E-state index contributed by atoms with van der Waals surface area (Å²) < 4.78 is 1.99. The molecule has 0 amide bonds. The fourth-order valence-electron chi connectivity index (χ4n) is 3.34. The first-order valence-electron chi connectivity index (χ1n) is 8.47. The van der Waals surface area contributed by atoms with Crippen LogP contribution in [-0.2, 0) is 12.8 Å². The molecule has 0 radical (unpaired) electrons. The number of nitrogens with zero attached hydrogens (tertiary/aromatic N) is 3. The molecule has 126 valence electrons. The minimum atomic E-state index is 0.00594. The zero-order chi connectivity index (χ0) is 17.2. The van der Waals surface area contributed by atoms with Crippen LogP contribution in [0.1, 0.15) is 35.2 Å². The SMILES string of the molecule is CCc1cccc(C(Cc2ccn3ccnc3c2)c2cnc[nH]2)c1O. The maximum absolute atomic E-state index is 10.7. The number of para-hydroxylation sites is 1. The molecule has 1 unspecified atom stereocenters. The summed E-state index contributed by atoms with van der Waals surface area (Å²) in [5, 5.41) is 10.7. The number of pyridine rings is 1. The predicted molar refractivity (Wildman–Crippen MR) is 96.8 cm³/mol. The molecule has 0 saturated carbocycles. The van der Waals surface area contributed by atoms with Gasteiger partial charge in [0.2, 0.25) is 0 Å². The van der Waals surface area contributed by atoms with Crippen molar-refractivity contribution in [1.29, 1.82) is 0 Å². The topological polar surface area (TPSA) is 66.2 Å². The van der Waals surface area contributed by atoms with Crippen molar-refractivity contribution in [2.75, 3.05) is 0 Å². The van der Waals surface area contributed by atoms with Gasteiger partial charge in [-0.15, -0.1) is 0 Å². The fraction of sp³-hybridized carbons (Fsp3) is 0.200. The largest absolute Gasteiger partial charge is 0.507 e. The second kappa shape index (κ2) is 6.43. The molecule has 3 heterocycles. The number of phenolic OH excluding ortho intramolecular Hbond substituents is 1. The lowest BCUT2D eigenvalue weighted by molar-refractivity contribution is 0.457. The number of aromatic hydroxyl groups is 1. The molecule has 0 saturated heterocycles. The van der Waals surface area contributed by atoms with Gasteiger partial charge in [-0.05, 0) is 36.1 Å². The van der Waals surface area contributed by atoms with Gasteiger partial charge in [0, 0.05) is 42.0 Å². The van der Waals surface area contributed by atoms with Gasteiger partial charge in [0.25, 0.3) is 0 Å². The van der Waals surface area contributed by atoms with E-state index >= 15 is 0 Å². The van der Waals surface area contributed by atoms with Crippen molar-refractivity contribution in [3.63, 3.8) is 0 Å². The Hall–Kier alpha value is -3.08. The van der Waals surface area contributed by atoms with Crippen LogP contribution in [0.4, 0.5) is 0 Å². The standard InChI is InChI=1S/C20H20N4O/c1-2-15-4-3-5-16(20(15)25)17(18-12-21-13-23-18)10-14-6-8-24-9-7-22-19(24)11-14/h3-9,11-13,17,25H,2,10H2,1H3,(H,21,23). The van der Waals surface area contributed by atoms with Gasteiger partial charge in [0.1, 0.15) is 11.4 Å². The molecule has 0 aliphatic carbocycles. The Morgan fingerprint density at radius 1 is 1.24 bits per heavy atom. The lowest BCUT2D eigenvalue weighted by Gasteiger charge is -2.19. The molecule has 1 aromatic carbocycles. The van der Waals surface area contributed by atoms with Crippen LogP contribution in [0.2, 0.25) is 0 Å². The summed E-state index contributed by atoms with van der Waals surface area (Å²) in [4.78, 5) is 11.7. The van der Waals surface area contributed by atoms with Crippen LogP contribution in [0.25, 0.3) is 5.65 Å². The smallest absolute Gasteiger partial charge is 0.136 e. The molecule has 5 heteroatoms. The van der Waals surface area contributed by atoms with Crippen molar-refractivity contribution in [2.45, 2.75) is 25.7 Å². The number of aromatic amines is 1. The van der Waals surface area contributed by atoms with Crippen molar-refractivity contribution in [3.8, 4) is 5.75 Å². The molecule has 2 N–H and O–H groups in total. The van der Waals surface area contributed by atoms with Crippen LogP contribution < -0.4 is 0 Å². The van der Waals surface area contributed by atoms with Crippen LogP contribution in [0.5, 0.6) is 5.75 Å². The number of imidazole rings is 2. The van der Waals surface area contributed by atoms with E-state index in [-0.39, 0.29) is 5.92 Å². The normalized spacial score (nSPS) is 12.5. The number of aryl methyl sites for hydroxylation is 1. The number of rotatable bonds is 5. The molecule has 0 fully saturated rings. The molecule has 0 aliphatic rings. The highest BCUT2D eigenvalue weighted by molar-refractivity contribution is 5.47. The van der Waals surface area contributed by atoms with Crippen LogP contribution in [0, 0.1) is 0 Å². The third kappa shape index (κ3) is 2.89. The molecular formula is C20H20N4O. The third-order valence-electron chi connectivity index (χ3n) is 4.70. The minimum absolute atomic E-state index is 0.00594. The van der Waals surface area contributed by atoms with Gasteiger partial charge in [0.05, 0.1) is 6.33 Å². The zero-order valence-corrected chi connectivity index (χ0v) is 14.1. The van der Waals surface area contributed by atoms with Crippen molar-refractivity contribution >= 4 is 5.65 Å². The summed E-state index contributed by atoms with van der Waals surface area (Å²) in [5.74, 6) is 0.387. The highest BCUT2D eigenvalue weighted by atomic mass is 16.3. The molecule has 0 aliphatic heterocycles. The molecule has 5 nitrogen and oxygen atoms in total. The third-order valence-corrected chi connectivity index (χ3v) is 4.70. The Bertz CT molecular complexity index is 988. The van der Waals surface area contributed by atoms with Gasteiger partial charge in [-0.1, -0.05) is 25.1 Å². The van der Waals surface area contributed by atoms with E-state index < -0.39 is 0 Å². The summed E-state index contributed by atoms with van der Waals surface area (Å²) in [5.41, 5.74) is 4.97. The van der Waals surface area contributed by atoms with E-state index in [0.29, 0.717) is 5.75 Å². The van der Waals surface area contributed by atoms with E-state index in [1.165, 1.54) is 5.56 Å². The van der Waals surface area contributed by atoms with Gasteiger partial charge < -0.3 is 14.5 Å². The number of hydrogen-bond acceptors (Lipinski definition) is 3. The van der Waals surface area contributed by atoms with Crippen LogP contribution in [0.15, 0.2) is 61.4 Å². The van der Waals surface area contributed by atoms with Crippen molar-refractivity contribution < 1.29 is 5.11 Å². The molecule has 1 atom stereocenters. The zero-order valence-electron chi connectivity index (χ0n) is 14.1. The lowest BCUT2D eigenvalue weighted by Crippen LogP contribution is -2.07. The highest BCUT2D eigenvalue weighted by Gasteiger charge is 2.21. The minimum Gasteiger partial charge on any atom is -0.507 e. The quantitative estimate of drug-likeness (QED) is 0.585. The van der Waals surface area contributed by atoms with Crippen LogP contribution >= 0.6 is 0 Å². The number of phenols is 1. The predicted octanol–water partition coefficient (Wildman–Crippen LogP) is 3.70. The van der Waals surface area contributed by atoms with E-state index in [1.54, 1.807) is 12.5 Å². The van der Waals surface area contributed by atoms with Crippen molar-refractivity contribution in [3.05, 3.63) is 83.8 Å². The molecule has 0 bridgehead atoms. The molecule has 4 rings (SSSR count). The average Bonchev–Trinajstić information content (AvgIpc) is 3.31. The number of benzene rings is 1. The molecule has 25 heavy (non-hydrogen) atoms. The maximum atomic E-state index is 10.7. The maximum Gasteiger partial charge on any atom is 0.136 e. The second-order valence-corrected chi connectivity index (χ2v) is 6.20. The van der Waals surface area contributed by atoms with E-state index in [2.05, 4.69) is 34.0 Å². The first-order chi connectivity index (χ1) is 12.3. The lowest BCUT2D eigenvalue weighted by atomic mass is 9.88. The van der Waals surface area contributed by atoms with Gasteiger partial charge in [-0.25, -0.2) is 9.97 Å². The Kier molecular flexibility index (Phi) is 3.98. The summed E-state index contributed by atoms with van der Waals surface area (Å²) in [6.07, 6.45) is 10.8. The summed E-state index contributed by atoms with van der Waals surface area (Å²) >= 11 is 0. The molecule has 4 aromatic rings. The Morgan fingerprint density at radius 3 is 2.96 bits per heavy atom. The van der Waals surface area contributed by atoms with Crippen molar-refractivity contribution in [1.82, 2.24) is 19.4 Å². The summed E-state index contributed by atoms with van der Waals surface area (Å²) in [6, 6.07) is 10.2. The number of fused-ring (bicyclic) bond motifs is 1. The Morgan fingerprint density at radius 2 is 2.16 bits per heavy atom. The van der Waals surface area contributed by atoms with Gasteiger partial charge in [-0.2, -0.15) is 0 Å². The first-order valence-corrected chi connectivity index (χ1v) is 8.47. The summed E-state index contributed by atoms with van der Waals surface area (Å²) in [7, 11) is 0. The van der Waals surface area contributed by atoms with E-state index in [4.69, 9.17) is 0 Å². The van der Waals surface area contributed by atoms with Gasteiger partial charge in [0.15, 0.2) is 0 Å². The van der Waals surface area contributed by atoms with Crippen molar-refractivity contribution in [2.24, 2.45) is 0 Å². The van der Waals surface area contributed by atoms with E-state index in [0.717, 1.165) is 35.3 Å². The van der Waals surface area contributed by atoms with Crippen LogP contribution in [-0.4, -0.2) is 24.5 Å².